The van der Waals surface area contributed by atoms with Crippen LogP contribution in [0.25, 0.3) is 0 Å². The Morgan fingerprint density at radius 1 is 1.43 bits per heavy atom. The molecule has 1 aromatic heterocycles. The molecule has 5 nitrogen and oxygen atoms in total. The molecule has 1 amide bonds. The Morgan fingerprint density at radius 3 is 2.62 bits per heavy atom. The Bertz CT molecular complexity index is 428. The molecule has 0 fully saturated rings. The quantitative estimate of drug-likeness (QED) is 0.799. The van der Waals surface area contributed by atoms with Crippen molar-refractivity contribution in [2.45, 2.75) is 52.2 Å². The number of nitrogens with one attached hydrogen (secondary N) is 1. The maximum atomic E-state index is 12.1. The van der Waals surface area contributed by atoms with Crippen molar-refractivity contribution in [1.82, 2.24) is 15.2 Å². The number of aromatic nitrogens is 1. The predicted octanol–water partition coefficient (Wildman–Crippen LogP) is 1.54. The van der Waals surface area contributed by atoms with E-state index in [4.69, 9.17) is 5.73 Å². The van der Waals surface area contributed by atoms with E-state index < -0.39 is 0 Å². The number of carbonyl (C=O) groups excluding carboxylic acids is 1. The summed E-state index contributed by atoms with van der Waals surface area (Å²) in [5.74, 6) is 0.0393. The molecule has 0 spiro atoms. The molecule has 1 rings (SSSR count). The molecule has 0 aromatic carbocycles. The van der Waals surface area contributed by atoms with Crippen molar-refractivity contribution in [1.29, 1.82) is 0 Å². The summed E-state index contributed by atoms with van der Waals surface area (Å²) in [5.41, 5.74) is 6.65. The van der Waals surface area contributed by atoms with Crippen LogP contribution in [-0.2, 0) is 11.3 Å². The largest absolute Gasteiger partial charge is 0.351 e. The van der Waals surface area contributed by atoms with Gasteiger partial charge in [-0.1, -0.05) is 13.0 Å². The average Bonchev–Trinajstić information content (AvgIpc) is 2.41. The molecule has 118 valence electrons. The van der Waals surface area contributed by atoms with Crippen molar-refractivity contribution in [2.75, 3.05) is 13.1 Å². The van der Waals surface area contributed by atoms with Gasteiger partial charge in [0.2, 0.25) is 5.91 Å². The van der Waals surface area contributed by atoms with Gasteiger partial charge >= 0.3 is 0 Å². The predicted molar refractivity (Wildman–Crippen MR) is 85.7 cm³/mol. The molecule has 1 unspecified atom stereocenters. The van der Waals surface area contributed by atoms with Crippen LogP contribution in [0.3, 0.4) is 0 Å². The summed E-state index contributed by atoms with van der Waals surface area (Å²) >= 11 is 0. The lowest BCUT2D eigenvalue weighted by Crippen LogP contribution is -2.47. The number of hydrogen-bond donors (Lipinski definition) is 2. The molecule has 0 aliphatic rings. The van der Waals surface area contributed by atoms with Crippen LogP contribution in [0, 0.1) is 0 Å². The summed E-state index contributed by atoms with van der Waals surface area (Å²) in [6.45, 7) is 10.0. The molecule has 0 saturated heterocycles. The molecular formula is C16H28N4O. The van der Waals surface area contributed by atoms with Gasteiger partial charge in [0.05, 0.1) is 5.69 Å². The van der Waals surface area contributed by atoms with Crippen LogP contribution in [-0.4, -0.2) is 40.5 Å². The van der Waals surface area contributed by atoms with Crippen LogP contribution in [0.1, 0.15) is 39.8 Å². The SMILES string of the molecule is CCN(Cc1ccccn1)C(CN)CC(=O)NC(C)(C)C. The fourth-order valence-corrected chi connectivity index (χ4v) is 2.24. The first-order chi connectivity index (χ1) is 9.85. The van der Waals surface area contributed by atoms with E-state index in [1.54, 1.807) is 6.20 Å². The summed E-state index contributed by atoms with van der Waals surface area (Å²) in [5, 5.41) is 2.99. The first-order valence-electron chi connectivity index (χ1n) is 7.50. The van der Waals surface area contributed by atoms with Crippen molar-refractivity contribution in [3.05, 3.63) is 30.1 Å². The number of pyridine rings is 1. The van der Waals surface area contributed by atoms with E-state index >= 15 is 0 Å². The molecule has 0 radical (unpaired) electrons. The van der Waals surface area contributed by atoms with Crippen LogP contribution in [0.4, 0.5) is 0 Å². The number of nitrogens with two attached hydrogens (primary N) is 1. The van der Waals surface area contributed by atoms with Gasteiger partial charge in [0.1, 0.15) is 0 Å². The van der Waals surface area contributed by atoms with Crippen molar-refractivity contribution in [3.63, 3.8) is 0 Å². The third kappa shape index (κ3) is 6.69. The highest BCUT2D eigenvalue weighted by molar-refractivity contribution is 5.77. The number of rotatable bonds is 7. The number of nitrogens with zero attached hydrogens (tertiary/aromatic N) is 2. The summed E-state index contributed by atoms with van der Waals surface area (Å²) < 4.78 is 0. The third-order valence-electron chi connectivity index (χ3n) is 3.22. The molecule has 3 N–H and O–H groups in total. The molecule has 1 heterocycles. The average molecular weight is 292 g/mol. The van der Waals surface area contributed by atoms with Gasteiger partial charge in [0, 0.05) is 37.3 Å². The molecule has 0 aliphatic carbocycles. The molecule has 0 saturated carbocycles. The normalized spacial score (nSPS) is 13.2. The van der Waals surface area contributed by atoms with Gasteiger partial charge in [0.25, 0.3) is 0 Å². The van der Waals surface area contributed by atoms with Crippen LogP contribution < -0.4 is 11.1 Å². The highest BCUT2D eigenvalue weighted by atomic mass is 16.1. The number of carbonyl (C=O) groups is 1. The second kappa shape index (κ2) is 8.10. The Labute approximate surface area is 127 Å². The zero-order valence-electron chi connectivity index (χ0n) is 13.6. The molecular weight excluding hydrogens is 264 g/mol. The van der Waals surface area contributed by atoms with Crippen LogP contribution >= 0.6 is 0 Å². The van der Waals surface area contributed by atoms with Gasteiger partial charge in [-0.25, -0.2) is 0 Å². The van der Waals surface area contributed by atoms with E-state index in [1.807, 2.05) is 39.0 Å². The maximum absolute atomic E-state index is 12.1. The molecule has 0 aliphatic heterocycles. The van der Waals surface area contributed by atoms with Gasteiger partial charge in [-0.3, -0.25) is 14.7 Å². The van der Waals surface area contributed by atoms with E-state index in [2.05, 4.69) is 22.1 Å². The maximum Gasteiger partial charge on any atom is 0.222 e. The van der Waals surface area contributed by atoms with Gasteiger partial charge < -0.3 is 11.1 Å². The fraction of sp³-hybridized carbons (Fsp3) is 0.625. The minimum Gasteiger partial charge on any atom is -0.351 e. The standard InChI is InChI=1S/C16H28N4O/c1-5-20(12-13-8-6-7-9-18-13)14(11-17)10-15(21)19-16(2,3)4/h6-9,14H,5,10-12,17H2,1-4H3,(H,19,21). The zero-order valence-corrected chi connectivity index (χ0v) is 13.6. The number of hydrogen-bond acceptors (Lipinski definition) is 4. The van der Waals surface area contributed by atoms with E-state index in [0.29, 0.717) is 19.5 Å². The summed E-state index contributed by atoms with van der Waals surface area (Å²) in [7, 11) is 0. The Morgan fingerprint density at radius 2 is 2.14 bits per heavy atom. The van der Waals surface area contributed by atoms with E-state index in [-0.39, 0.29) is 17.5 Å². The zero-order chi connectivity index (χ0) is 15.9. The first kappa shape index (κ1) is 17.6. The van der Waals surface area contributed by atoms with Crippen LogP contribution in [0.15, 0.2) is 24.4 Å². The molecule has 1 aromatic rings. The molecule has 5 heteroatoms. The summed E-state index contributed by atoms with van der Waals surface area (Å²) in [6.07, 6.45) is 2.20. The summed E-state index contributed by atoms with van der Waals surface area (Å²) in [6, 6.07) is 5.89. The van der Waals surface area contributed by atoms with Crippen molar-refractivity contribution < 1.29 is 4.79 Å². The minimum absolute atomic E-state index is 0.0272. The van der Waals surface area contributed by atoms with Gasteiger partial charge in [0.15, 0.2) is 0 Å². The van der Waals surface area contributed by atoms with E-state index in [0.717, 1.165) is 12.2 Å². The van der Waals surface area contributed by atoms with Crippen molar-refractivity contribution in [2.24, 2.45) is 5.73 Å². The second-order valence-corrected chi connectivity index (χ2v) is 6.28. The smallest absolute Gasteiger partial charge is 0.222 e. The highest BCUT2D eigenvalue weighted by Gasteiger charge is 2.22. The lowest BCUT2D eigenvalue weighted by atomic mass is 10.1. The van der Waals surface area contributed by atoms with Gasteiger partial charge in [-0.2, -0.15) is 0 Å². The fourth-order valence-electron chi connectivity index (χ4n) is 2.24. The van der Waals surface area contributed by atoms with Crippen molar-refractivity contribution >= 4 is 5.91 Å². The van der Waals surface area contributed by atoms with Crippen molar-refractivity contribution in [3.8, 4) is 0 Å². The first-order valence-corrected chi connectivity index (χ1v) is 7.50. The van der Waals surface area contributed by atoms with Gasteiger partial charge in [-0.15, -0.1) is 0 Å². The lowest BCUT2D eigenvalue weighted by molar-refractivity contribution is -0.123. The highest BCUT2D eigenvalue weighted by Crippen LogP contribution is 2.10. The monoisotopic (exact) mass is 292 g/mol. The molecule has 0 bridgehead atoms. The molecule has 21 heavy (non-hydrogen) atoms. The van der Waals surface area contributed by atoms with Gasteiger partial charge in [-0.05, 0) is 39.4 Å². The van der Waals surface area contributed by atoms with E-state index in [9.17, 15) is 4.79 Å². The number of amides is 1. The molecule has 1 atom stereocenters. The van der Waals surface area contributed by atoms with E-state index in [1.165, 1.54) is 0 Å². The number of likely N-dealkylation sites (N-methyl/N-ethyl adjacent to an activating group) is 1. The summed E-state index contributed by atoms with van der Waals surface area (Å²) in [4.78, 5) is 18.6. The second-order valence-electron chi connectivity index (χ2n) is 6.28. The third-order valence-corrected chi connectivity index (χ3v) is 3.22. The minimum atomic E-state index is -0.214. The van der Waals surface area contributed by atoms with Crippen LogP contribution in [0.2, 0.25) is 0 Å². The lowest BCUT2D eigenvalue weighted by Gasteiger charge is -2.30. The Kier molecular flexibility index (Phi) is 6.78. The van der Waals surface area contributed by atoms with Crippen LogP contribution in [0.5, 0.6) is 0 Å². The Hall–Kier alpha value is -1.46. The Balaban J connectivity index is 2.65. The topological polar surface area (TPSA) is 71.2 Å².